The minimum absolute atomic E-state index is 0.0558. The lowest BCUT2D eigenvalue weighted by Gasteiger charge is -2.17. The van der Waals surface area contributed by atoms with Crippen molar-refractivity contribution in [1.82, 2.24) is 0 Å². The van der Waals surface area contributed by atoms with Crippen LogP contribution in [-0.2, 0) is 0 Å². The van der Waals surface area contributed by atoms with Gasteiger partial charge in [-0.2, -0.15) is 0 Å². The Labute approximate surface area is 130 Å². The van der Waals surface area contributed by atoms with Gasteiger partial charge in [-0.25, -0.2) is 0 Å². The number of aromatic hydroxyl groups is 3. The Hall–Kier alpha value is -2.36. The van der Waals surface area contributed by atoms with E-state index < -0.39 is 0 Å². The summed E-state index contributed by atoms with van der Waals surface area (Å²) in [7, 11) is 0. The van der Waals surface area contributed by atoms with Crippen LogP contribution in [0.2, 0.25) is 0 Å². The second kappa shape index (κ2) is 6.18. The highest BCUT2D eigenvalue weighted by Crippen LogP contribution is 2.43. The van der Waals surface area contributed by atoms with Crippen molar-refractivity contribution in [3.63, 3.8) is 0 Å². The molecule has 0 heterocycles. The van der Waals surface area contributed by atoms with Crippen molar-refractivity contribution in [1.29, 1.82) is 0 Å². The lowest BCUT2D eigenvalue weighted by atomic mass is 10.0. The molecule has 0 atom stereocenters. The Morgan fingerprint density at radius 1 is 0.818 bits per heavy atom. The van der Waals surface area contributed by atoms with Gasteiger partial charge in [-0.1, -0.05) is 33.8 Å². The van der Waals surface area contributed by atoms with Gasteiger partial charge >= 0.3 is 0 Å². The highest BCUT2D eigenvalue weighted by Gasteiger charge is 2.17. The summed E-state index contributed by atoms with van der Waals surface area (Å²) in [4.78, 5) is 0. The lowest BCUT2D eigenvalue weighted by Crippen LogP contribution is -1.96. The Morgan fingerprint density at radius 3 is 2.09 bits per heavy atom. The molecule has 0 aliphatic carbocycles. The molecule has 0 amide bonds. The van der Waals surface area contributed by atoms with E-state index in [1.165, 1.54) is 6.07 Å². The first-order chi connectivity index (χ1) is 10.3. The van der Waals surface area contributed by atoms with E-state index in [4.69, 9.17) is 4.74 Å². The summed E-state index contributed by atoms with van der Waals surface area (Å²) >= 11 is 0. The number of benzene rings is 2. The third kappa shape index (κ3) is 3.11. The van der Waals surface area contributed by atoms with Gasteiger partial charge in [0.2, 0.25) is 5.75 Å². The van der Waals surface area contributed by atoms with Crippen LogP contribution in [-0.4, -0.2) is 15.3 Å². The molecule has 0 spiro atoms. The molecule has 4 nitrogen and oxygen atoms in total. The first-order valence-electron chi connectivity index (χ1n) is 7.36. The molecule has 0 aliphatic heterocycles. The van der Waals surface area contributed by atoms with E-state index >= 15 is 0 Å². The van der Waals surface area contributed by atoms with Gasteiger partial charge in [0.05, 0.1) is 0 Å². The molecule has 2 aromatic rings. The SMILES string of the molecule is CC(C)c1cc(O)c(O)c(Oc2cccc(O)c2C(C)C)c1. The van der Waals surface area contributed by atoms with E-state index in [9.17, 15) is 15.3 Å². The zero-order valence-electron chi connectivity index (χ0n) is 13.3. The van der Waals surface area contributed by atoms with E-state index in [1.807, 2.05) is 27.7 Å². The van der Waals surface area contributed by atoms with E-state index in [-0.39, 0.29) is 34.8 Å². The number of rotatable bonds is 4. The predicted octanol–water partition coefficient (Wildman–Crippen LogP) is 4.84. The van der Waals surface area contributed by atoms with Crippen molar-refractivity contribution in [3.05, 3.63) is 41.5 Å². The number of phenols is 3. The van der Waals surface area contributed by atoms with Crippen LogP contribution in [0.15, 0.2) is 30.3 Å². The molecular weight excluding hydrogens is 280 g/mol. The summed E-state index contributed by atoms with van der Waals surface area (Å²) in [5.41, 5.74) is 1.52. The number of hydrogen-bond acceptors (Lipinski definition) is 4. The van der Waals surface area contributed by atoms with Gasteiger partial charge in [0, 0.05) is 5.56 Å². The molecule has 0 bridgehead atoms. The molecule has 0 fully saturated rings. The molecule has 118 valence electrons. The summed E-state index contributed by atoms with van der Waals surface area (Å²) in [5, 5.41) is 29.9. The van der Waals surface area contributed by atoms with Gasteiger partial charge in [0.15, 0.2) is 11.5 Å². The van der Waals surface area contributed by atoms with Crippen molar-refractivity contribution in [2.24, 2.45) is 0 Å². The number of hydrogen-bond donors (Lipinski definition) is 3. The third-order valence-corrected chi connectivity index (χ3v) is 3.58. The van der Waals surface area contributed by atoms with Crippen molar-refractivity contribution in [2.45, 2.75) is 39.5 Å². The van der Waals surface area contributed by atoms with E-state index in [1.54, 1.807) is 24.3 Å². The second-order valence-corrected chi connectivity index (χ2v) is 5.99. The van der Waals surface area contributed by atoms with Gasteiger partial charge in [0.25, 0.3) is 0 Å². The van der Waals surface area contributed by atoms with Crippen molar-refractivity contribution in [2.75, 3.05) is 0 Å². The molecule has 4 heteroatoms. The molecule has 3 N–H and O–H groups in total. The van der Waals surface area contributed by atoms with Gasteiger partial charge in [-0.3, -0.25) is 0 Å². The fourth-order valence-corrected chi connectivity index (χ4v) is 2.35. The Kier molecular flexibility index (Phi) is 4.50. The van der Waals surface area contributed by atoms with Crippen molar-refractivity contribution < 1.29 is 20.1 Å². The fourth-order valence-electron chi connectivity index (χ4n) is 2.35. The van der Waals surface area contributed by atoms with Crippen LogP contribution in [0.3, 0.4) is 0 Å². The first-order valence-corrected chi connectivity index (χ1v) is 7.36. The highest BCUT2D eigenvalue weighted by molar-refractivity contribution is 5.55. The molecule has 0 aliphatic rings. The van der Waals surface area contributed by atoms with Gasteiger partial charge in [-0.15, -0.1) is 0 Å². The van der Waals surface area contributed by atoms with Crippen molar-refractivity contribution >= 4 is 0 Å². The molecule has 0 radical (unpaired) electrons. The summed E-state index contributed by atoms with van der Waals surface area (Å²) in [6, 6.07) is 8.24. The average Bonchev–Trinajstić information content (AvgIpc) is 2.43. The molecular formula is C18H22O4. The van der Waals surface area contributed by atoms with E-state index in [0.717, 1.165) is 5.56 Å². The lowest BCUT2D eigenvalue weighted by molar-refractivity contribution is 0.368. The zero-order chi connectivity index (χ0) is 16.4. The molecule has 0 saturated carbocycles. The van der Waals surface area contributed by atoms with Crippen LogP contribution >= 0.6 is 0 Å². The minimum atomic E-state index is -0.303. The molecule has 2 rings (SSSR count). The second-order valence-electron chi connectivity index (χ2n) is 5.99. The number of phenolic OH excluding ortho intramolecular Hbond substituents is 3. The predicted molar refractivity (Wildman–Crippen MR) is 86.1 cm³/mol. The smallest absolute Gasteiger partial charge is 0.201 e. The van der Waals surface area contributed by atoms with Crippen LogP contribution < -0.4 is 4.74 Å². The van der Waals surface area contributed by atoms with E-state index in [0.29, 0.717) is 11.3 Å². The molecule has 22 heavy (non-hydrogen) atoms. The maximum Gasteiger partial charge on any atom is 0.201 e. The molecule has 2 aromatic carbocycles. The fraction of sp³-hybridized carbons (Fsp3) is 0.333. The minimum Gasteiger partial charge on any atom is -0.508 e. The monoisotopic (exact) mass is 302 g/mol. The summed E-state index contributed by atoms with van der Waals surface area (Å²) in [5.74, 6) is 0.510. The Bertz CT molecular complexity index is 675. The molecule has 0 aromatic heterocycles. The van der Waals surface area contributed by atoms with Crippen molar-refractivity contribution in [3.8, 4) is 28.7 Å². The molecule has 0 saturated heterocycles. The Morgan fingerprint density at radius 2 is 1.50 bits per heavy atom. The quantitative estimate of drug-likeness (QED) is 0.707. The van der Waals surface area contributed by atoms with Gasteiger partial charge in [-0.05, 0) is 41.7 Å². The summed E-state index contributed by atoms with van der Waals surface area (Å²) in [6.45, 7) is 7.88. The standard InChI is InChI=1S/C18H22O4/c1-10(2)12-8-14(20)18(21)16(9-12)22-15-7-5-6-13(19)17(15)11(3)4/h5-11,19-21H,1-4H3. The van der Waals surface area contributed by atoms with Gasteiger partial charge < -0.3 is 20.1 Å². The normalized spacial score (nSPS) is 11.2. The largest absolute Gasteiger partial charge is 0.508 e. The van der Waals surface area contributed by atoms with E-state index in [2.05, 4.69) is 0 Å². The average molecular weight is 302 g/mol. The highest BCUT2D eigenvalue weighted by atomic mass is 16.5. The summed E-state index contributed by atoms with van der Waals surface area (Å²) < 4.78 is 5.78. The van der Waals surface area contributed by atoms with Crippen LogP contribution in [0, 0.1) is 0 Å². The zero-order valence-corrected chi connectivity index (χ0v) is 13.3. The molecule has 0 unspecified atom stereocenters. The maximum absolute atomic E-state index is 10.0. The van der Waals surface area contributed by atoms with Crippen LogP contribution in [0.1, 0.15) is 50.7 Å². The summed E-state index contributed by atoms with van der Waals surface area (Å²) in [6.07, 6.45) is 0. The first kappa shape index (κ1) is 16.0. The third-order valence-electron chi connectivity index (χ3n) is 3.58. The van der Waals surface area contributed by atoms with Crippen LogP contribution in [0.5, 0.6) is 28.7 Å². The van der Waals surface area contributed by atoms with Crippen LogP contribution in [0.25, 0.3) is 0 Å². The van der Waals surface area contributed by atoms with Gasteiger partial charge in [0.1, 0.15) is 11.5 Å². The topological polar surface area (TPSA) is 69.9 Å². The maximum atomic E-state index is 10.0. The van der Waals surface area contributed by atoms with Crippen LogP contribution in [0.4, 0.5) is 0 Å². The Balaban J connectivity index is 2.50. The number of ether oxygens (including phenoxy) is 1.